The van der Waals surface area contributed by atoms with Gasteiger partial charge < -0.3 is 5.73 Å². The Kier molecular flexibility index (Phi) is 3.85. The van der Waals surface area contributed by atoms with Crippen molar-refractivity contribution in [2.75, 3.05) is 0 Å². The van der Waals surface area contributed by atoms with Gasteiger partial charge in [0.2, 0.25) is 0 Å². The minimum absolute atomic E-state index is 0.00910. The van der Waals surface area contributed by atoms with Gasteiger partial charge in [-0.15, -0.1) is 6.58 Å². The molecule has 0 spiro atoms. The molecule has 21 heavy (non-hydrogen) atoms. The fourth-order valence-corrected chi connectivity index (χ4v) is 2.75. The van der Waals surface area contributed by atoms with Crippen LogP contribution in [-0.4, -0.2) is 0 Å². The first-order valence-corrected chi connectivity index (χ1v) is 7.24. The van der Waals surface area contributed by atoms with Gasteiger partial charge in [0.15, 0.2) is 0 Å². The fraction of sp³-hybridized carbons (Fsp3) is 0.100. The van der Waals surface area contributed by atoms with E-state index in [1.807, 2.05) is 12.1 Å². The van der Waals surface area contributed by atoms with Crippen LogP contribution < -0.4 is 5.73 Å². The summed E-state index contributed by atoms with van der Waals surface area (Å²) in [6, 6.07) is 23.3. The summed E-state index contributed by atoms with van der Waals surface area (Å²) in [6.45, 7) is 3.79. The van der Waals surface area contributed by atoms with Gasteiger partial charge in [0.05, 0.1) is 0 Å². The minimum Gasteiger partial charge on any atom is -0.324 e. The van der Waals surface area contributed by atoms with Gasteiger partial charge in [-0.3, -0.25) is 0 Å². The average Bonchev–Trinajstić information content (AvgIpc) is 2.54. The topological polar surface area (TPSA) is 26.0 Å². The van der Waals surface area contributed by atoms with Crippen LogP contribution in [0.4, 0.5) is 0 Å². The van der Waals surface area contributed by atoms with Gasteiger partial charge in [-0.25, -0.2) is 0 Å². The number of rotatable bonds is 4. The lowest BCUT2D eigenvalue weighted by atomic mass is 9.92. The number of hydrogen-bond donors (Lipinski definition) is 1. The highest BCUT2D eigenvalue weighted by Crippen LogP contribution is 2.30. The molecular weight excluding hydrogens is 254 g/mol. The molecule has 0 aromatic heterocycles. The molecule has 0 heterocycles. The van der Waals surface area contributed by atoms with E-state index in [4.69, 9.17) is 5.73 Å². The van der Waals surface area contributed by atoms with Crippen molar-refractivity contribution in [2.24, 2.45) is 5.73 Å². The van der Waals surface area contributed by atoms with Crippen molar-refractivity contribution >= 4 is 10.8 Å². The molecule has 104 valence electrons. The maximum Gasteiger partial charge on any atom is 0.0335 e. The Bertz CT molecular complexity index is 773. The zero-order valence-corrected chi connectivity index (χ0v) is 12.0. The Morgan fingerprint density at radius 3 is 2.43 bits per heavy atom. The van der Waals surface area contributed by atoms with Gasteiger partial charge in [0, 0.05) is 6.04 Å². The van der Waals surface area contributed by atoms with Crippen LogP contribution in [0.5, 0.6) is 0 Å². The normalized spacial score (nSPS) is 12.2. The summed E-state index contributed by atoms with van der Waals surface area (Å²) in [5.74, 6) is 0. The van der Waals surface area contributed by atoms with Gasteiger partial charge in [0.1, 0.15) is 0 Å². The monoisotopic (exact) mass is 273 g/mol. The lowest BCUT2D eigenvalue weighted by Gasteiger charge is -2.15. The molecule has 3 rings (SSSR count). The molecule has 0 bridgehead atoms. The second kappa shape index (κ2) is 5.94. The first-order valence-electron chi connectivity index (χ1n) is 7.24. The molecule has 1 unspecified atom stereocenters. The standard InChI is InChI=1S/C20H19N/c1-2-7-20(21)19-11-6-5-10-18(19)17-13-12-15-8-3-4-9-16(15)14-17/h2-6,8-14,20H,1,7,21H2. The molecule has 0 aliphatic rings. The number of fused-ring (bicyclic) bond motifs is 1. The molecule has 1 nitrogen and oxygen atoms in total. The second-order valence-corrected chi connectivity index (χ2v) is 5.28. The molecule has 2 N–H and O–H groups in total. The van der Waals surface area contributed by atoms with Crippen molar-refractivity contribution < 1.29 is 0 Å². The first-order chi connectivity index (χ1) is 10.3. The van der Waals surface area contributed by atoms with Crippen LogP contribution in [0.25, 0.3) is 21.9 Å². The third-order valence-electron chi connectivity index (χ3n) is 3.84. The first kappa shape index (κ1) is 13.6. The molecule has 0 saturated carbocycles. The summed E-state index contributed by atoms with van der Waals surface area (Å²) >= 11 is 0. The summed E-state index contributed by atoms with van der Waals surface area (Å²) in [4.78, 5) is 0. The Labute approximate surface area is 125 Å². The predicted molar refractivity (Wildman–Crippen MR) is 91.1 cm³/mol. The highest BCUT2D eigenvalue weighted by atomic mass is 14.6. The van der Waals surface area contributed by atoms with E-state index in [0.29, 0.717) is 0 Å². The van der Waals surface area contributed by atoms with E-state index in [-0.39, 0.29) is 6.04 Å². The van der Waals surface area contributed by atoms with E-state index in [1.54, 1.807) is 0 Å². The zero-order valence-electron chi connectivity index (χ0n) is 12.0. The molecule has 1 atom stereocenters. The molecule has 0 radical (unpaired) electrons. The van der Waals surface area contributed by atoms with Crippen molar-refractivity contribution in [1.29, 1.82) is 0 Å². The van der Waals surface area contributed by atoms with Gasteiger partial charge in [-0.1, -0.05) is 66.7 Å². The zero-order chi connectivity index (χ0) is 14.7. The van der Waals surface area contributed by atoms with Crippen LogP contribution in [0.15, 0.2) is 79.4 Å². The Balaban J connectivity index is 2.11. The predicted octanol–water partition coefficient (Wildman–Crippen LogP) is 5.08. The molecule has 3 aromatic rings. The molecule has 3 aromatic carbocycles. The van der Waals surface area contributed by atoms with E-state index >= 15 is 0 Å². The van der Waals surface area contributed by atoms with E-state index in [0.717, 1.165) is 6.42 Å². The molecule has 0 aliphatic carbocycles. The SMILES string of the molecule is C=CCC(N)c1ccccc1-c1ccc2ccccc2c1. The summed E-state index contributed by atoms with van der Waals surface area (Å²) in [6.07, 6.45) is 2.66. The molecule has 0 fully saturated rings. The van der Waals surface area contributed by atoms with Crippen LogP contribution >= 0.6 is 0 Å². The summed E-state index contributed by atoms with van der Waals surface area (Å²) in [5, 5.41) is 2.51. The van der Waals surface area contributed by atoms with Gasteiger partial charge in [-0.05, 0) is 39.9 Å². The molecular formula is C20H19N. The number of hydrogen-bond acceptors (Lipinski definition) is 1. The van der Waals surface area contributed by atoms with E-state index in [9.17, 15) is 0 Å². The lowest BCUT2D eigenvalue weighted by molar-refractivity contribution is 0.744. The fourth-order valence-electron chi connectivity index (χ4n) is 2.75. The largest absolute Gasteiger partial charge is 0.324 e. The Morgan fingerprint density at radius 1 is 0.905 bits per heavy atom. The van der Waals surface area contributed by atoms with Crippen LogP contribution in [0.1, 0.15) is 18.0 Å². The molecule has 1 heteroatoms. The van der Waals surface area contributed by atoms with Crippen LogP contribution in [0.3, 0.4) is 0 Å². The van der Waals surface area contributed by atoms with E-state index < -0.39 is 0 Å². The van der Waals surface area contributed by atoms with Crippen LogP contribution in [-0.2, 0) is 0 Å². The Hall–Kier alpha value is -2.38. The summed E-state index contributed by atoms with van der Waals surface area (Å²) in [5.41, 5.74) is 9.88. The summed E-state index contributed by atoms with van der Waals surface area (Å²) in [7, 11) is 0. The third-order valence-corrected chi connectivity index (χ3v) is 3.84. The van der Waals surface area contributed by atoms with Crippen molar-refractivity contribution in [3.63, 3.8) is 0 Å². The van der Waals surface area contributed by atoms with E-state index in [2.05, 4.69) is 67.2 Å². The molecule has 0 saturated heterocycles. The maximum atomic E-state index is 6.29. The van der Waals surface area contributed by atoms with Crippen LogP contribution in [0, 0.1) is 0 Å². The van der Waals surface area contributed by atoms with Crippen molar-refractivity contribution in [3.8, 4) is 11.1 Å². The number of benzene rings is 3. The lowest BCUT2D eigenvalue weighted by Crippen LogP contribution is -2.10. The number of nitrogens with two attached hydrogens (primary N) is 1. The quantitative estimate of drug-likeness (QED) is 0.659. The molecule has 0 amide bonds. The smallest absolute Gasteiger partial charge is 0.0335 e. The van der Waals surface area contributed by atoms with Crippen LogP contribution in [0.2, 0.25) is 0 Å². The van der Waals surface area contributed by atoms with Crippen molar-refractivity contribution in [3.05, 3.63) is 84.9 Å². The minimum atomic E-state index is -0.00910. The average molecular weight is 273 g/mol. The van der Waals surface area contributed by atoms with Crippen molar-refractivity contribution in [1.82, 2.24) is 0 Å². The molecule has 0 aliphatic heterocycles. The maximum absolute atomic E-state index is 6.29. The Morgan fingerprint density at radius 2 is 1.62 bits per heavy atom. The van der Waals surface area contributed by atoms with Crippen molar-refractivity contribution in [2.45, 2.75) is 12.5 Å². The highest BCUT2D eigenvalue weighted by Gasteiger charge is 2.11. The van der Waals surface area contributed by atoms with E-state index in [1.165, 1.54) is 27.5 Å². The summed E-state index contributed by atoms with van der Waals surface area (Å²) < 4.78 is 0. The van der Waals surface area contributed by atoms with Gasteiger partial charge in [-0.2, -0.15) is 0 Å². The highest BCUT2D eigenvalue weighted by molar-refractivity contribution is 5.87. The third kappa shape index (κ3) is 2.74. The second-order valence-electron chi connectivity index (χ2n) is 5.28. The van der Waals surface area contributed by atoms with Gasteiger partial charge >= 0.3 is 0 Å². The van der Waals surface area contributed by atoms with Gasteiger partial charge in [0.25, 0.3) is 0 Å².